The second-order valence-electron chi connectivity index (χ2n) is 6.29. The van der Waals surface area contributed by atoms with Crippen molar-refractivity contribution in [2.24, 2.45) is 11.8 Å². The zero-order valence-corrected chi connectivity index (χ0v) is 13.9. The van der Waals surface area contributed by atoms with Gasteiger partial charge in [-0.1, -0.05) is 27.2 Å². The Kier molecular flexibility index (Phi) is 5.83. The molecular weight excluding hydrogens is 262 g/mol. The molecule has 1 fully saturated rings. The average Bonchev–Trinajstić information content (AvgIpc) is 2.46. The standard InChI is InChI=1S/C17H29N3O/c1-5-7-15-16(18-6-2)19-11-20-17(15)21-14-9-8-12(3)13(4)10-14/h11-14H,5-10H2,1-4H3,(H,18,19,20). The monoisotopic (exact) mass is 291 g/mol. The fraction of sp³-hybridized carbons (Fsp3) is 0.765. The van der Waals surface area contributed by atoms with Gasteiger partial charge in [0.15, 0.2) is 0 Å². The molecule has 1 saturated carbocycles. The number of nitrogens with zero attached hydrogens (tertiary/aromatic N) is 2. The minimum absolute atomic E-state index is 0.302. The number of anilines is 1. The molecule has 3 unspecified atom stereocenters. The molecule has 118 valence electrons. The lowest BCUT2D eigenvalue weighted by molar-refractivity contribution is 0.0954. The van der Waals surface area contributed by atoms with Crippen LogP contribution in [-0.2, 0) is 6.42 Å². The summed E-state index contributed by atoms with van der Waals surface area (Å²) in [6, 6.07) is 0. The first-order valence-corrected chi connectivity index (χ1v) is 8.40. The fourth-order valence-corrected chi connectivity index (χ4v) is 3.06. The molecule has 0 radical (unpaired) electrons. The van der Waals surface area contributed by atoms with Gasteiger partial charge in [-0.15, -0.1) is 0 Å². The Labute approximate surface area is 128 Å². The predicted molar refractivity (Wildman–Crippen MR) is 86.8 cm³/mol. The van der Waals surface area contributed by atoms with Crippen LogP contribution in [-0.4, -0.2) is 22.6 Å². The van der Waals surface area contributed by atoms with E-state index in [9.17, 15) is 0 Å². The summed E-state index contributed by atoms with van der Waals surface area (Å²) >= 11 is 0. The fourth-order valence-electron chi connectivity index (χ4n) is 3.06. The van der Waals surface area contributed by atoms with E-state index in [0.717, 1.165) is 61.3 Å². The first-order chi connectivity index (χ1) is 10.2. The maximum absolute atomic E-state index is 6.25. The molecule has 1 aliphatic carbocycles. The summed E-state index contributed by atoms with van der Waals surface area (Å²) in [5.74, 6) is 3.26. The van der Waals surface area contributed by atoms with Gasteiger partial charge in [0.2, 0.25) is 5.88 Å². The van der Waals surface area contributed by atoms with Crippen molar-refractivity contribution >= 4 is 5.82 Å². The van der Waals surface area contributed by atoms with Gasteiger partial charge in [-0.05, 0) is 44.4 Å². The summed E-state index contributed by atoms with van der Waals surface area (Å²) in [4.78, 5) is 8.77. The first-order valence-electron chi connectivity index (χ1n) is 8.40. The summed E-state index contributed by atoms with van der Waals surface area (Å²) in [5.41, 5.74) is 1.13. The molecule has 3 atom stereocenters. The van der Waals surface area contributed by atoms with Crippen molar-refractivity contribution in [2.45, 2.75) is 65.9 Å². The zero-order chi connectivity index (χ0) is 15.2. The Balaban J connectivity index is 2.13. The summed E-state index contributed by atoms with van der Waals surface area (Å²) in [7, 11) is 0. The lowest BCUT2D eigenvalue weighted by atomic mass is 9.80. The lowest BCUT2D eigenvalue weighted by Crippen LogP contribution is -2.29. The van der Waals surface area contributed by atoms with E-state index >= 15 is 0 Å². The Morgan fingerprint density at radius 3 is 2.67 bits per heavy atom. The maximum Gasteiger partial charge on any atom is 0.222 e. The van der Waals surface area contributed by atoms with Crippen molar-refractivity contribution in [3.63, 3.8) is 0 Å². The number of hydrogen-bond donors (Lipinski definition) is 1. The van der Waals surface area contributed by atoms with Gasteiger partial charge in [-0.25, -0.2) is 9.97 Å². The smallest absolute Gasteiger partial charge is 0.222 e. The van der Waals surface area contributed by atoms with Gasteiger partial charge >= 0.3 is 0 Å². The van der Waals surface area contributed by atoms with Crippen LogP contribution >= 0.6 is 0 Å². The summed E-state index contributed by atoms with van der Waals surface area (Å²) < 4.78 is 6.25. The highest BCUT2D eigenvalue weighted by Gasteiger charge is 2.27. The van der Waals surface area contributed by atoms with Crippen LogP contribution in [0.2, 0.25) is 0 Å². The normalized spacial score (nSPS) is 25.6. The van der Waals surface area contributed by atoms with Gasteiger partial charge < -0.3 is 10.1 Å². The number of ether oxygens (including phenoxy) is 1. The number of rotatable bonds is 6. The molecule has 21 heavy (non-hydrogen) atoms. The second kappa shape index (κ2) is 7.62. The Hall–Kier alpha value is -1.32. The molecule has 1 heterocycles. The molecule has 0 amide bonds. The van der Waals surface area contributed by atoms with Gasteiger partial charge in [0.25, 0.3) is 0 Å². The van der Waals surface area contributed by atoms with E-state index in [1.807, 2.05) is 0 Å². The van der Waals surface area contributed by atoms with E-state index in [1.165, 1.54) is 6.42 Å². The molecule has 0 saturated heterocycles. The minimum Gasteiger partial charge on any atom is -0.474 e. The van der Waals surface area contributed by atoms with Gasteiger partial charge in [0, 0.05) is 6.54 Å². The van der Waals surface area contributed by atoms with Crippen LogP contribution in [0.15, 0.2) is 6.33 Å². The molecule has 0 spiro atoms. The highest BCUT2D eigenvalue weighted by Crippen LogP contribution is 2.33. The van der Waals surface area contributed by atoms with E-state index in [2.05, 4.69) is 43.0 Å². The van der Waals surface area contributed by atoms with Gasteiger partial charge in [-0.3, -0.25) is 0 Å². The second-order valence-corrected chi connectivity index (χ2v) is 6.29. The molecule has 0 aliphatic heterocycles. The maximum atomic E-state index is 6.25. The zero-order valence-electron chi connectivity index (χ0n) is 13.9. The third kappa shape index (κ3) is 4.08. The predicted octanol–water partition coefficient (Wildman–Crippen LogP) is 4.06. The van der Waals surface area contributed by atoms with Crippen molar-refractivity contribution in [2.75, 3.05) is 11.9 Å². The first kappa shape index (κ1) is 16.1. The van der Waals surface area contributed by atoms with E-state index in [1.54, 1.807) is 6.33 Å². The number of hydrogen-bond acceptors (Lipinski definition) is 4. The third-order valence-corrected chi connectivity index (χ3v) is 4.58. The lowest BCUT2D eigenvalue weighted by Gasteiger charge is -2.32. The molecule has 4 nitrogen and oxygen atoms in total. The van der Waals surface area contributed by atoms with Crippen LogP contribution in [0.3, 0.4) is 0 Å². The molecule has 0 aromatic carbocycles. The van der Waals surface area contributed by atoms with Crippen LogP contribution in [0, 0.1) is 11.8 Å². The molecule has 1 aliphatic rings. The van der Waals surface area contributed by atoms with E-state index in [4.69, 9.17) is 4.74 Å². The van der Waals surface area contributed by atoms with Crippen LogP contribution in [0.5, 0.6) is 5.88 Å². The number of nitrogens with one attached hydrogen (secondary N) is 1. The highest BCUT2D eigenvalue weighted by atomic mass is 16.5. The topological polar surface area (TPSA) is 47.0 Å². The largest absolute Gasteiger partial charge is 0.474 e. The highest BCUT2D eigenvalue weighted by molar-refractivity contribution is 5.48. The van der Waals surface area contributed by atoms with Crippen molar-refractivity contribution in [3.05, 3.63) is 11.9 Å². The molecule has 0 bridgehead atoms. The Morgan fingerprint density at radius 1 is 1.19 bits per heavy atom. The van der Waals surface area contributed by atoms with Crippen LogP contribution in [0.25, 0.3) is 0 Å². The van der Waals surface area contributed by atoms with Crippen LogP contribution in [0.4, 0.5) is 5.82 Å². The quantitative estimate of drug-likeness (QED) is 0.858. The third-order valence-electron chi connectivity index (χ3n) is 4.58. The summed E-state index contributed by atoms with van der Waals surface area (Å²) in [5, 5.41) is 3.32. The van der Waals surface area contributed by atoms with Gasteiger partial charge in [0.1, 0.15) is 18.2 Å². The molecule has 2 rings (SSSR count). The van der Waals surface area contributed by atoms with Crippen molar-refractivity contribution in [3.8, 4) is 5.88 Å². The molecule has 1 aromatic rings. The van der Waals surface area contributed by atoms with Gasteiger partial charge in [0.05, 0.1) is 5.56 Å². The van der Waals surface area contributed by atoms with Crippen molar-refractivity contribution in [1.29, 1.82) is 0 Å². The Morgan fingerprint density at radius 2 is 2.00 bits per heavy atom. The van der Waals surface area contributed by atoms with Crippen LogP contribution < -0.4 is 10.1 Å². The average molecular weight is 291 g/mol. The van der Waals surface area contributed by atoms with Crippen molar-refractivity contribution in [1.82, 2.24) is 9.97 Å². The van der Waals surface area contributed by atoms with Gasteiger partial charge in [-0.2, -0.15) is 0 Å². The SMILES string of the molecule is CCCc1c(NCC)ncnc1OC1CCC(C)C(C)C1. The van der Waals surface area contributed by atoms with E-state index in [-0.39, 0.29) is 0 Å². The van der Waals surface area contributed by atoms with Crippen LogP contribution in [0.1, 0.15) is 58.9 Å². The van der Waals surface area contributed by atoms with Crippen molar-refractivity contribution < 1.29 is 4.74 Å². The summed E-state index contributed by atoms with van der Waals surface area (Å²) in [6.45, 7) is 9.80. The Bertz CT molecular complexity index is 450. The molecule has 1 aromatic heterocycles. The number of aromatic nitrogens is 2. The minimum atomic E-state index is 0.302. The van der Waals surface area contributed by atoms with E-state index in [0.29, 0.717) is 6.10 Å². The molecule has 1 N–H and O–H groups in total. The van der Waals surface area contributed by atoms with E-state index < -0.39 is 0 Å². The molecular formula is C17H29N3O. The molecule has 4 heteroatoms. The summed E-state index contributed by atoms with van der Waals surface area (Å²) in [6.07, 6.45) is 7.46.